The summed E-state index contributed by atoms with van der Waals surface area (Å²) in [6.07, 6.45) is 5.12. The molecule has 1 aliphatic rings. The maximum atomic E-state index is 5.66. The van der Waals surface area contributed by atoms with E-state index in [1.165, 1.54) is 0 Å². The molecular weight excluding hydrogens is 180 g/mol. The minimum Gasteiger partial charge on any atom is -0.377 e. The number of hydrogen-bond acceptors (Lipinski definition) is 5. The van der Waals surface area contributed by atoms with Gasteiger partial charge in [0.25, 0.3) is 0 Å². The van der Waals surface area contributed by atoms with Crippen LogP contribution in [0.4, 0.5) is 5.82 Å². The van der Waals surface area contributed by atoms with Crippen LogP contribution in [0.2, 0.25) is 0 Å². The van der Waals surface area contributed by atoms with Crippen molar-refractivity contribution < 1.29 is 4.74 Å². The first kappa shape index (κ1) is 9.36. The number of rotatable bonds is 2. The van der Waals surface area contributed by atoms with E-state index >= 15 is 0 Å². The van der Waals surface area contributed by atoms with Crippen molar-refractivity contribution in [2.45, 2.75) is 6.04 Å². The van der Waals surface area contributed by atoms with Crippen LogP contribution < -0.4 is 10.6 Å². The van der Waals surface area contributed by atoms with Gasteiger partial charge in [-0.25, -0.2) is 4.98 Å². The Kier molecular flexibility index (Phi) is 2.90. The second-order valence-electron chi connectivity index (χ2n) is 3.22. The molecule has 0 aromatic carbocycles. The van der Waals surface area contributed by atoms with Crippen molar-refractivity contribution in [3.63, 3.8) is 0 Å². The molecule has 1 fully saturated rings. The van der Waals surface area contributed by atoms with Crippen molar-refractivity contribution in [2.24, 2.45) is 5.73 Å². The summed E-state index contributed by atoms with van der Waals surface area (Å²) in [6, 6.07) is 0.223. The third-order valence-electron chi connectivity index (χ3n) is 2.34. The molecule has 5 nitrogen and oxygen atoms in total. The molecule has 2 N–H and O–H groups in total. The normalized spacial score (nSPS) is 22.4. The molecule has 1 saturated heterocycles. The molecule has 0 aliphatic carbocycles. The summed E-state index contributed by atoms with van der Waals surface area (Å²) in [5.74, 6) is 0.881. The fourth-order valence-electron chi connectivity index (χ4n) is 1.59. The first-order chi connectivity index (χ1) is 6.92. The van der Waals surface area contributed by atoms with E-state index in [0.717, 1.165) is 19.0 Å². The fraction of sp³-hybridized carbons (Fsp3) is 0.556. The average Bonchev–Trinajstić information content (AvgIpc) is 2.30. The lowest BCUT2D eigenvalue weighted by molar-refractivity contribution is 0.0958. The van der Waals surface area contributed by atoms with Crippen molar-refractivity contribution in [1.82, 2.24) is 9.97 Å². The van der Waals surface area contributed by atoms with Crippen LogP contribution in [0.5, 0.6) is 0 Å². The fourth-order valence-corrected chi connectivity index (χ4v) is 1.59. The van der Waals surface area contributed by atoms with Gasteiger partial charge in [-0.1, -0.05) is 0 Å². The lowest BCUT2D eigenvalue weighted by Crippen LogP contribution is -2.49. The number of ether oxygens (including phenoxy) is 1. The Morgan fingerprint density at radius 2 is 2.50 bits per heavy atom. The maximum absolute atomic E-state index is 5.66. The second kappa shape index (κ2) is 4.34. The van der Waals surface area contributed by atoms with E-state index in [1.54, 1.807) is 18.6 Å². The van der Waals surface area contributed by atoms with Crippen LogP contribution in [0.15, 0.2) is 18.6 Å². The van der Waals surface area contributed by atoms with Gasteiger partial charge in [-0.15, -0.1) is 0 Å². The predicted molar refractivity (Wildman–Crippen MR) is 53.0 cm³/mol. The Balaban J connectivity index is 2.15. The Bertz CT molecular complexity index is 279. The summed E-state index contributed by atoms with van der Waals surface area (Å²) in [4.78, 5) is 10.4. The highest BCUT2D eigenvalue weighted by Crippen LogP contribution is 2.14. The molecule has 1 aromatic rings. The predicted octanol–water partition coefficient (Wildman–Crippen LogP) is -0.359. The van der Waals surface area contributed by atoms with Crippen molar-refractivity contribution in [1.29, 1.82) is 0 Å². The lowest BCUT2D eigenvalue weighted by Gasteiger charge is -2.35. The topological polar surface area (TPSA) is 64.3 Å². The van der Waals surface area contributed by atoms with E-state index in [9.17, 15) is 0 Å². The maximum Gasteiger partial charge on any atom is 0.147 e. The van der Waals surface area contributed by atoms with Crippen molar-refractivity contribution in [3.8, 4) is 0 Å². The minimum atomic E-state index is 0.223. The van der Waals surface area contributed by atoms with E-state index in [1.807, 2.05) is 0 Å². The quantitative estimate of drug-likeness (QED) is 0.696. The number of aromatic nitrogens is 2. The van der Waals surface area contributed by atoms with Gasteiger partial charge in [-0.05, 0) is 0 Å². The summed E-state index contributed by atoms with van der Waals surface area (Å²) in [5.41, 5.74) is 5.66. The Morgan fingerprint density at radius 1 is 1.57 bits per heavy atom. The molecule has 0 bridgehead atoms. The SMILES string of the molecule is NCC1COCCN1c1cnccn1. The lowest BCUT2D eigenvalue weighted by atomic mass is 10.2. The summed E-state index contributed by atoms with van der Waals surface area (Å²) >= 11 is 0. The standard InChI is InChI=1S/C9H14N4O/c10-5-8-7-14-4-3-13(8)9-6-11-1-2-12-9/h1-2,6,8H,3-5,7,10H2. The number of anilines is 1. The van der Waals surface area contributed by atoms with E-state index < -0.39 is 0 Å². The molecule has 0 saturated carbocycles. The zero-order valence-corrected chi connectivity index (χ0v) is 7.97. The third kappa shape index (κ3) is 1.83. The molecule has 1 atom stereocenters. The summed E-state index contributed by atoms with van der Waals surface area (Å²) in [7, 11) is 0. The molecule has 1 aromatic heterocycles. The van der Waals surface area contributed by atoms with Gasteiger partial charge in [0.15, 0.2) is 0 Å². The number of nitrogens with two attached hydrogens (primary N) is 1. The first-order valence-corrected chi connectivity index (χ1v) is 4.72. The summed E-state index contributed by atoms with van der Waals surface area (Å²) < 4.78 is 5.35. The van der Waals surface area contributed by atoms with Crippen molar-refractivity contribution in [3.05, 3.63) is 18.6 Å². The van der Waals surface area contributed by atoms with Crippen LogP contribution in [0.1, 0.15) is 0 Å². The van der Waals surface area contributed by atoms with Gasteiger partial charge in [0, 0.05) is 25.5 Å². The minimum absolute atomic E-state index is 0.223. The van der Waals surface area contributed by atoms with Crippen LogP contribution in [-0.2, 0) is 4.74 Å². The highest BCUT2D eigenvalue weighted by atomic mass is 16.5. The monoisotopic (exact) mass is 194 g/mol. The van der Waals surface area contributed by atoms with Gasteiger partial charge in [-0.3, -0.25) is 4.98 Å². The molecule has 76 valence electrons. The molecular formula is C9H14N4O. The summed E-state index contributed by atoms with van der Waals surface area (Å²) in [6.45, 7) is 2.82. The van der Waals surface area contributed by atoms with Crippen molar-refractivity contribution >= 4 is 5.82 Å². The highest BCUT2D eigenvalue weighted by molar-refractivity contribution is 5.37. The van der Waals surface area contributed by atoms with Gasteiger partial charge < -0.3 is 15.4 Å². The molecule has 14 heavy (non-hydrogen) atoms. The molecule has 0 amide bonds. The van der Waals surface area contributed by atoms with Gasteiger partial charge >= 0.3 is 0 Å². The highest BCUT2D eigenvalue weighted by Gasteiger charge is 2.22. The van der Waals surface area contributed by atoms with Crippen molar-refractivity contribution in [2.75, 3.05) is 31.2 Å². The molecule has 2 heterocycles. The van der Waals surface area contributed by atoms with E-state index in [4.69, 9.17) is 10.5 Å². The number of morpholine rings is 1. The third-order valence-corrected chi connectivity index (χ3v) is 2.34. The van der Waals surface area contributed by atoms with Gasteiger partial charge in [-0.2, -0.15) is 0 Å². The van der Waals surface area contributed by atoms with Crippen LogP contribution in [0.3, 0.4) is 0 Å². The van der Waals surface area contributed by atoms with E-state index in [0.29, 0.717) is 13.2 Å². The van der Waals surface area contributed by atoms with Gasteiger partial charge in [0.2, 0.25) is 0 Å². The number of nitrogens with zero attached hydrogens (tertiary/aromatic N) is 3. The van der Waals surface area contributed by atoms with Crippen LogP contribution in [0, 0.1) is 0 Å². The zero-order chi connectivity index (χ0) is 9.80. The van der Waals surface area contributed by atoms with Gasteiger partial charge in [0.1, 0.15) is 5.82 Å². The first-order valence-electron chi connectivity index (χ1n) is 4.72. The number of hydrogen-bond donors (Lipinski definition) is 1. The Labute approximate surface area is 82.9 Å². The van der Waals surface area contributed by atoms with Crippen LogP contribution >= 0.6 is 0 Å². The molecule has 0 radical (unpaired) electrons. The molecule has 1 unspecified atom stereocenters. The summed E-state index contributed by atoms with van der Waals surface area (Å²) in [5, 5.41) is 0. The Hall–Kier alpha value is -1.20. The second-order valence-corrected chi connectivity index (χ2v) is 3.22. The zero-order valence-electron chi connectivity index (χ0n) is 7.97. The van der Waals surface area contributed by atoms with E-state index in [-0.39, 0.29) is 6.04 Å². The molecule has 0 spiro atoms. The van der Waals surface area contributed by atoms with Crippen LogP contribution in [0.25, 0.3) is 0 Å². The largest absolute Gasteiger partial charge is 0.377 e. The van der Waals surface area contributed by atoms with Gasteiger partial charge in [0.05, 0.1) is 25.5 Å². The Morgan fingerprint density at radius 3 is 3.21 bits per heavy atom. The van der Waals surface area contributed by atoms with Crippen LogP contribution in [-0.4, -0.2) is 42.3 Å². The molecule has 1 aliphatic heterocycles. The average molecular weight is 194 g/mol. The molecule has 2 rings (SSSR count). The smallest absolute Gasteiger partial charge is 0.147 e. The van der Waals surface area contributed by atoms with E-state index in [2.05, 4.69) is 14.9 Å². The molecule has 5 heteroatoms.